The van der Waals surface area contributed by atoms with Crippen LogP contribution in [0.1, 0.15) is 30.6 Å². The van der Waals surface area contributed by atoms with Crippen molar-refractivity contribution in [1.82, 2.24) is 10.2 Å². The van der Waals surface area contributed by atoms with Gasteiger partial charge in [-0.25, -0.2) is 0 Å². The highest BCUT2D eigenvalue weighted by atomic mass is 16.5. The zero-order valence-electron chi connectivity index (χ0n) is 12.3. The highest BCUT2D eigenvalue weighted by Crippen LogP contribution is 2.12. The largest absolute Gasteiger partial charge is 0.497 e. The Bertz CT molecular complexity index is 456. The van der Waals surface area contributed by atoms with Crippen molar-refractivity contribution in [2.45, 2.75) is 20.3 Å². The van der Waals surface area contributed by atoms with Gasteiger partial charge in [0.2, 0.25) is 5.91 Å². The number of hydrogen-bond donors (Lipinski definition) is 1. The second-order valence-electron chi connectivity index (χ2n) is 4.30. The zero-order chi connectivity index (χ0) is 15.0. The molecule has 0 aliphatic rings. The van der Waals surface area contributed by atoms with E-state index in [4.69, 9.17) is 4.74 Å². The van der Waals surface area contributed by atoms with E-state index in [0.717, 1.165) is 0 Å². The van der Waals surface area contributed by atoms with Gasteiger partial charge in [-0.2, -0.15) is 0 Å². The Labute approximate surface area is 119 Å². The van der Waals surface area contributed by atoms with Gasteiger partial charge in [0.1, 0.15) is 5.75 Å². The SMILES string of the molecule is CCN(CC)C(=O)CCNC(=O)c1cccc(OC)c1. The van der Waals surface area contributed by atoms with Gasteiger partial charge in [0.15, 0.2) is 0 Å². The molecule has 0 bridgehead atoms. The van der Waals surface area contributed by atoms with Gasteiger partial charge in [0.05, 0.1) is 7.11 Å². The number of carbonyl (C=O) groups is 2. The molecule has 5 heteroatoms. The lowest BCUT2D eigenvalue weighted by atomic mass is 10.2. The molecule has 0 aromatic heterocycles. The first-order valence-electron chi connectivity index (χ1n) is 6.82. The van der Waals surface area contributed by atoms with Crippen molar-refractivity contribution in [2.75, 3.05) is 26.7 Å². The number of benzene rings is 1. The monoisotopic (exact) mass is 278 g/mol. The van der Waals surface area contributed by atoms with Crippen molar-refractivity contribution in [2.24, 2.45) is 0 Å². The Hall–Kier alpha value is -2.04. The van der Waals surface area contributed by atoms with Crippen LogP contribution in [0.2, 0.25) is 0 Å². The second kappa shape index (κ2) is 8.19. The molecular weight excluding hydrogens is 256 g/mol. The number of hydrogen-bond acceptors (Lipinski definition) is 3. The van der Waals surface area contributed by atoms with Crippen molar-refractivity contribution < 1.29 is 14.3 Å². The molecule has 0 spiro atoms. The van der Waals surface area contributed by atoms with Gasteiger partial charge in [-0.05, 0) is 32.0 Å². The molecule has 110 valence electrons. The van der Waals surface area contributed by atoms with Crippen LogP contribution in [0.4, 0.5) is 0 Å². The van der Waals surface area contributed by atoms with E-state index in [2.05, 4.69) is 5.32 Å². The summed E-state index contributed by atoms with van der Waals surface area (Å²) < 4.78 is 5.07. The summed E-state index contributed by atoms with van der Waals surface area (Å²) in [6, 6.07) is 6.92. The highest BCUT2D eigenvalue weighted by molar-refractivity contribution is 5.94. The second-order valence-corrected chi connectivity index (χ2v) is 4.30. The summed E-state index contributed by atoms with van der Waals surface area (Å²) >= 11 is 0. The number of ether oxygens (including phenoxy) is 1. The van der Waals surface area contributed by atoms with Crippen LogP contribution < -0.4 is 10.1 Å². The number of nitrogens with zero attached hydrogens (tertiary/aromatic N) is 1. The van der Waals surface area contributed by atoms with Crippen LogP contribution in [-0.4, -0.2) is 43.5 Å². The lowest BCUT2D eigenvalue weighted by Crippen LogP contribution is -2.34. The molecule has 0 aliphatic carbocycles. The maximum atomic E-state index is 11.9. The summed E-state index contributed by atoms with van der Waals surface area (Å²) in [4.78, 5) is 25.4. The van der Waals surface area contributed by atoms with Crippen LogP contribution in [0.5, 0.6) is 5.75 Å². The maximum Gasteiger partial charge on any atom is 0.251 e. The fraction of sp³-hybridized carbons (Fsp3) is 0.467. The smallest absolute Gasteiger partial charge is 0.251 e. The molecule has 5 nitrogen and oxygen atoms in total. The van der Waals surface area contributed by atoms with Gasteiger partial charge in [-0.15, -0.1) is 0 Å². The topological polar surface area (TPSA) is 58.6 Å². The molecule has 1 N–H and O–H groups in total. The minimum atomic E-state index is -0.198. The van der Waals surface area contributed by atoms with Crippen LogP contribution in [0.25, 0.3) is 0 Å². The minimum absolute atomic E-state index is 0.0564. The standard InChI is InChI=1S/C15H22N2O3/c1-4-17(5-2)14(18)9-10-16-15(19)12-7-6-8-13(11-12)20-3/h6-8,11H,4-5,9-10H2,1-3H3,(H,16,19). The van der Waals surface area contributed by atoms with Crippen molar-refractivity contribution in [1.29, 1.82) is 0 Å². The van der Waals surface area contributed by atoms with Gasteiger partial charge in [0, 0.05) is 31.6 Å². The van der Waals surface area contributed by atoms with Crippen LogP contribution >= 0.6 is 0 Å². The maximum absolute atomic E-state index is 11.9. The van der Waals surface area contributed by atoms with E-state index in [9.17, 15) is 9.59 Å². The summed E-state index contributed by atoms with van der Waals surface area (Å²) in [6.45, 7) is 5.61. The number of rotatable bonds is 7. The summed E-state index contributed by atoms with van der Waals surface area (Å²) in [5.74, 6) is 0.494. The summed E-state index contributed by atoms with van der Waals surface area (Å²) in [5, 5.41) is 2.74. The summed E-state index contributed by atoms with van der Waals surface area (Å²) in [6.07, 6.45) is 0.317. The number of carbonyl (C=O) groups excluding carboxylic acids is 2. The summed E-state index contributed by atoms with van der Waals surface area (Å²) in [7, 11) is 1.56. The first-order chi connectivity index (χ1) is 9.62. The predicted molar refractivity (Wildman–Crippen MR) is 77.9 cm³/mol. The normalized spacial score (nSPS) is 9.95. The Morgan fingerprint density at radius 3 is 2.55 bits per heavy atom. The molecule has 1 rings (SSSR count). The van der Waals surface area contributed by atoms with E-state index in [0.29, 0.717) is 37.4 Å². The van der Waals surface area contributed by atoms with E-state index in [1.807, 2.05) is 13.8 Å². The first kappa shape index (κ1) is 16.0. The van der Waals surface area contributed by atoms with Crippen LogP contribution in [0.15, 0.2) is 24.3 Å². The van der Waals surface area contributed by atoms with Crippen molar-refractivity contribution in [3.8, 4) is 5.75 Å². The predicted octanol–water partition coefficient (Wildman–Crippen LogP) is 1.68. The molecule has 20 heavy (non-hydrogen) atoms. The third kappa shape index (κ3) is 4.57. The lowest BCUT2D eigenvalue weighted by molar-refractivity contribution is -0.130. The average Bonchev–Trinajstić information content (AvgIpc) is 2.48. The Morgan fingerprint density at radius 1 is 1.25 bits per heavy atom. The molecular formula is C15H22N2O3. The molecule has 0 heterocycles. The van der Waals surface area contributed by atoms with Gasteiger partial charge in [0.25, 0.3) is 5.91 Å². The fourth-order valence-corrected chi connectivity index (χ4v) is 1.88. The molecule has 1 aromatic carbocycles. The highest BCUT2D eigenvalue weighted by Gasteiger charge is 2.11. The average molecular weight is 278 g/mol. The molecule has 0 radical (unpaired) electrons. The molecule has 0 saturated carbocycles. The van der Waals surface area contributed by atoms with Gasteiger partial charge >= 0.3 is 0 Å². The van der Waals surface area contributed by atoms with Gasteiger partial charge < -0.3 is 15.0 Å². The molecule has 0 fully saturated rings. The van der Waals surface area contributed by atoms with E-state index < -0.39 is 0 Å². The number of nitrogens with one attached hydrogen (secondary N) is 1. The molecule has 0 saturated heterocycles. The third-order valence-corrected chi connectivity index (χ3v) is 3.07. The summed E-state index contributed by atoms with van der Waals surface area (Å²) in [5.41, 5.74) is 0.527. The van der Waals surface area contributed by atoms with Crippen LogP contribution in [-0.2, 0) is 4.79 Å². The van der Waals surface area contributed by atoms with E-state index in [-0.39, 0.29) is 11.8 Å². The van der Waals surface area contributed by atoms with Gasteiger partial charge in [-0.1, -0.05) is 6.07 Å². The molecule has 0 unspecified atom stereocenters. The first-order valence-corrected chi connectivity index (χ1v) is 6.82. The molecule has 0 atom stereocenters. The fourth-order valence-electron chi connectivity index (χ4n) is 1.88. The molecule has 0 aliphatic heterocycles. The Morgan fingerprint density at radius 2 is 1.95 bits per heavy atom. The third-order valence-electron chi connectivity index (χ3n) is 3.07. The van der Waals surface area contributed by atoms with Crippen LogP contribution in [0, 0.1) is 0 Å². The molecule has 2 amide bonds. The quantitative estimate of drug-likeness (QED) is 0.825. The zero-order valence-corrected chi connectivity index (χ0v) is 12.3. The van der Waals surface area contributed by atoms with Crippen molar-refractivity contribution in [3.05, 3.63) is 29.8 Å². The van der Waals surface area contributed by atoms with Crippen molar-refractivity contribution in [3.63, 3.8) is 0 Å². The van der Waals surface area contributed by atoms with Crippen LogP contribution in [0.3, 0.4) is 0 Å². The molecule has 1 aromatic rings. The lowest BCUT2D eigenvalue weighted by Gasteiger charge is -2.18. The van der Waals surface area contributed by atoms with Gasteiger partial charge in [-0.3, -0.25) is 9.59 Å². The van der Waals surface area contributed by atoms with Crippen molar-refractivity contribution >= 4 is 11.8 Å². The Kier molecular flexibility index (Phi) is 6.56. The van der Waals surface area contributed by atoms with E-state index in [1.54, 1.807) is 36.3 Å². The number of amides is 2. The Balaban J connectivity index is 2.45. The van der Waals surface area contributed by atoms with E-state index in [1.165, 1.54) is 0 Å². The number of methoxy groups -OCH3 is 1. The van der Waals surface area contributed by atoms with E-state index >= 15 is 0 Å². The minimum Gasteiger partial charge on any atom is -0.497 e.